The Labute approximate surface area is 112 Å². The van der Waals surface area contributed by atoms with Gasteiger partial charge in [-0.15, -0.1) is 0 Å². The number of anilines is 2. The molecule has 102 valence electrons. The summed E-state index contributed by atoms with van der Waals surface area (Å²) in [5.41, 5.74) is 0. The van der Waals surface area contributed by atoms with Crippen molar-refractivity contribution in [2.24, 2.45) is 5.92 Å². The van der Waals surface area contributed by atoms with Crippen molar-refractivity contribution in [3.63, 3.8) is 0 Å². The number of hydrogen-bond acceptors (Lipinski definition) is 7. The average molecular weight is 271 g/mol. The highest BCUT2D eigenvalue weighted by atomic mass is 32.2. The maximum absolute atomic E-state index is 5.05. The van der Waals surface area contributed by atoms with Crippen molar-refractivity contribution in [1.29, 1.82) is 0 Å². The van der Waals surface area contributed by atoms with E-state index in [4.69, 9.17) is 4.74 Å². The molecule has 6 nitrogen and oxygen atoms in total. The van der Waals surface area contributed by atoms with Crippen LogP contribution in [0, 0.1) is 5.92 Å². The van der Waals surface area contributed by atoms with Gasteiger partial charge in [-0.3, -0.25) is 0 Å². The van der Waals surface area contributed by atoms with Crippen molar-refractivity contribution in [1.82, 2.24) is 15.0 Å². The molecule has 18 heavy (non-hydrogen) atoms. The summed E-state index contributed by atoms with van der Waals surface area (Å²) in [6, 6.07) is 0.320. The molecule has 0 aliphatic carbocycles. The van der Waals surface area contributed by atoms with Gasteiger partial charge in [-0.1, -0.05) is 6.92 Å². The standard InChI is InChI=1S/C11H21N5OS/c1-5-12-9-14-10(16-11(15-9)17-3)13-6-8(2)7-18-4/h8H,5-7H2,1-4H3,(H2,12,13,14,15,16). The second kappa shape index (κ2) is 7.97. The molecule has 1 heterocycles. The lowest BCUT2D eigenvalue weighted by atomic mass is 10.2. The zero-order valence-corrected chi connectivity index (χ0v) is 12.2. The topological polar surface area (TPSA) is 72.0 Å². The van der Waals surface area contributed by atoms with Gasteiger partial charge < -0.3 is 15.4 Å². The van der Waals surface area contributed by atoms with Crippen LogP contribution in [-0.4, -0.2) is 47.2 Å². The van der Waals surface area contributed by atoms with E-state index < -0.39 is 0 Å². The van der Waals surface area contributed by atoms with E-state index in [0.29, 0.717) is 23.8 Å². The molecule has 2 N–H and O–H groups in total. The number of hydrogen-bond donors (Lipinski definition) is 2. The zero-order valence-electron chi connectivity index (χ0n) is 11.4. The lowest BCUT2D eigenvalue weighted by Crippen LogP contribution is -2.16. The lowest BCUT2D eigenvalue weighted by molar-refractivity contribution is 0.379. The summed E-state index contributed by atoms with van der Waals surface area (Å²) in [6.45, 7) is 5.77. The van der Waals surface area contributed by atoms with Crippen molar-refractivity contribution in [3.8, 4) is 6.01 Å². The van der Waals surface area contributed by atoms with Crippen LogP contribution in [0.5, 0.6) is 6.01 Å². The van der Waals surface area contributed by atoms with Crippen LogP contribution in [0.1, 0.15) is 13.8 Å². The minimum atomic E-state index is 0.320. The maximum Gasteiger partial charge on any atom is 0.322 e. The zero-order chi connectivity index (χ0) is 13.4. The van der Waals surface area contributed by atoms with E-state index in [1.54, 1.807) is 7.11 Å². The van der Waals surface area contributed by atoms with Gasteiger partial charge in [0.1, 0.15) is 0 Å². The fourth-order valence-electron chi connectivity index (χ4n) is 1.37. The molecule has 1 aromatic rings. The van der Waals surface area contributed by atoms with Crippen LogP contribution < -0.4 is 15.4 Å². The van der Waals surface area contributed by atoms with Gasteiger partial charge >= 0.3 is 6.01 Å². The molecule has 0 saturated heterocycles. The molecule has 1 unspecified atom stereocenters. The van der Waals surface area contributed by atoms with Crippen molar-refractivity contribution in [2.75, 3.05) is 42.8 Å². The predicted molar refractivity (Wildman–Crippen MR) is 76.6 cm³/mol. The minimum absolute atomic E-state index is 0.320. The van der Waals surface area contributed by atoms with Crippen LogP contribution in [0.2, 0.25) is 0 Å². The quantitative estimate of drug-likeness (QED) is 0.746. The highest BCUT2D eigenvalue weighted by Crippen LogP contribution is 2.12. The van der Waals surface area contributed by atoms with Gasteiger partial charge in [-0.2, -0.15) is 26.7 Å². The van der Waals surface area contributed by atoms with Crippen LogP contribution >= 0.6 is 11.8 Å². The number of nitrogens with one attached hydrogen (secondary N) is 2. The minimum Gasteiger partial charge on any atom is -0.467 e. The summed E-state index contributed by atoms with van der Waals surface area (Å²) in [5, 5.41) is 6.26. The normalized spacial score (nSPS) is 12.0. The number of nitrogens with zero attached hydrogens (tertiary/aromatic N) is 3. The highest BCUT2D eigenvalue weighted by molar-refractivity contribution is 7.98. The molecule has 1 rings (SSSR count). The molecule has 0 aromatic carbocycles. The molecular formula is C11H21N5OS. The second-order valence-corrected chi connectivity index (χ2v) is 4.85. The van der Waals surface area contributed by atoms with Gasteiger partial charge in [-0.05, 0) is 24.9 Å². The Kier molecular flexibility index (Phi) is 6.56. The summed E-state index contributed by atoms with van der Waals surface area (Å²) in [7, 11) is 1.55. The van der Waals surface area contributed by atoms with E-state index in [2.05, 4.69) is 38.8 Å². The van der Waals surface area contributed by atoms with Crippen LogP contribution in [0.25, 0.3) is 0 Å². The van der Waals surface area contributed by atoms with E-state index in [9.17, 15) is 0 Å². The number of ether oxygens (including phenoxy) is 1. The van der Waals surface area contributed by atoms with Crippen molar-refractivity contribution < 1.29 is 4.74 Å². The largest absolute Gasteiger partial charge is 0.467 e. The molecule has 0 saturated carbocycles. The predicted octanol–water partition coefficient (Wildman–Crippen LogP) is 1.72. The molecule has 0 radical (unpaired) electrons. The van der Waals surface area contributed by atoms with E-state index in [0.717, 1.165) is 18.8 Å². The van der Waals surface area contributed by atoms with Crippen LogP contribution in [0.3, 0.4) is 0 Å². The van der Waals surface area contributed by atoms with Crippen LogP contribution in [-0.2, 0) is 0 Å². The molecule has 1 aromatic heterocycles. The smallest absolute Gasteiger partial charge is 0.322 e. The van der Waals surface area contributed by atoms with Gasteiger partial charge in [0, 0.05) is 13.1 Å². The summed E-state index contributed by atoms with van der Waals surface area (Å²) in [5.74, 6) is 2.75. The van der Waals surface area contributed by atoms with Crippen molar-refractivity contribution >= 4 is 23.7 Å². The summed E-state index contributed by atoms with van der Waals surface area (Å²) in [6.07, 6.45) is 2.10. The molecule has 0 aliphatic rings. The summed E-state index contributed by atoms with van der Waals surface area (Å²) >= 11 is 1.83. The third kappa shape index (κ3) is 4.95. The first-order valence-corrected chi connectivity index (χ1v) is 7.35. The van der Waals surface area contributed by atoms with E-state index in [1.807, 2.05) is 18.7 Å². The Morgan fingerprint density at radius 2 is 1.89 bits per heavy atom. The van der Waals surface area contributed by atoms with Gasteiger partial charge in [0.25, 0.3) is 0 Å². The maximum atomic E-state index is 5.05. The molecule has 0 fully saturated rings. The molecule has 0 amide bonds. The summed E-state index contributed by atoms with van der Waals surface area (Å²) in [4.78, 5) is 12.5. The first-order chi connectivity index (χ1) is 8.69. The van der Waals surface area contributed by atoms with Gasteiger partial charge in [0.15, 0.2) is 0 Å². The molecule has 0 bridgehead atoms. The first-order valence-electron chi connectivity index (χ1n) is 5.96. The van der Waals surface area contributed by atoms with Crippen LogP contribution in [0.4, 0.5) is 11.9 Å². The Morgan fingerprint density at radius 3 is 2.44 bits per heavy atom. The highest BCUT2D eigenvalue weighted by Gasteiger charge is 2.07. The number of methoxy groups -OCH3 is 1. The molecule has 7 heteroatoms. The SMILES string of the molecule is CCNc1nc(NCC(C)CSC)nc(OC)n1. The first kappa shape index (κ1) is 14.8. The lowest BCUT2D eigenvalue weighted by Gasteiger charge is -2.12. The Hall–Kier alpha value is -1.24. The second-order valence-electron chi connectivity index (χ2n) is 3.94. The summed E-state index contributed by atoms with van der Waals surface area (Å²) < 4.78 is 5.05. The number of rotatable bonds is 8. The molecular weight excluding hydrogens is 250 g/mol. The third-order valence-corrected chi connectivity index (χ3v) is 3.09. The third-order valence-electron chi connectivity index (χ3n) is 2.19. The van der Waals surface area contributed by atoms with Crippen molar-refractivity contribution in [3.05, 3.63) is 0 Å². The average Bonchev–Trinajstić information content (AvgIpc) is 2.37. The monoisotopic (exact) mass is 271 g/mol. The van der Waals surface area contributed by atoms with Crippen molar-refractivity contribution in [2.45, 2.75) is 13.8 Å². The van der Waals surface area contributed by atoms with Gasteiger partial charge in [0.05, 0.1) is 7.11 Å². The Balaban J connectivity index is 2.65. The van der Waals surface area contributed by atoms with E-state index >= 15 is 0 Å². The fourth-order valence-corrected chi connectivity index (χ4v) is 2.06. The molecule has 0 spiro atoms. The number of thioether (sulfide) groups is 1. The van der Waals surface area contributed by atoms with Crippen LogP contribution in [0.15, 0.2) is 0 Å². The van der Waals surface area contributed by atoms with Gasteiger partial charge in [0.2, 0.25) is 11.9 Å². The fraction of sp³-hybridized carbons (Fsp3) is 0.727. The van der Waals surface area contributed by atoms with Gasteiger partial charge in [-0.25, -0.2) is 0 Å². The van der Waals surface area contributed by atoms with E-state index in [1.165, 1.54) is 0 Å². The molecule has 0 aliphatic heterocycles. The van der Waals surface area contributed by atoms with E-state index in [-0.39, 0.29) is 0 Å². The Bertz CT molecular complexity index is 363. The number of aromatic nitrogens is 3. The molecule has 1 atom stereocenters. The Morgan fingerprint density at radius 1 is 1.22 bits per heavy atom.